The average molecular weight is 809 g/mol. The molecular formula is C59H44N2Si. The van der Waals surface area contributed by atoms with Crippen LogP contribution in [0.5, 0.6) is 0 Å². The Labute approximate surface area is 365 Å². The van der Waals surface area contributed by atoms with Crippen LogP contribution in [0.2, 0.25) is 0 Å². The van der Waals surface area contributed by atoms with Gasteiger partial charge in [0.05, 0.1) is 28.2 Å². The van der Waals surface area contributed by atoms with Crippen molar-refractivity contribution in [2.24, 2.45) is 0 Å². The van der Waals surface area contributed by atoms with E-state index in [1.54, 1.807) is 0 Å². The molecule has 0 saturated heterocycles. The van der Waals surface area contributed by atoms with Crippen LogP contribution in [0.1, 0.15) is 22.4 Å². The van der Waals surface area contributed by atoms with Crippen LogP contribution in [0.25, 0.3) is 16.9 Å². The number of hydrogen-bond acceptors (Lipinski definition) is 1. The second kappa shape index (κ2) is 15.7. The first-order valence-corrected chi connectivity index (χ1v) is 23.5. The lowest BCUT2D eigenvalue weighted by molar-refractivity contribution is 0.683. The molecule has 0 spiro atoms. The molecule has 62 heavy (non-hydrogen) atoms. The van der Waals surface area contributed by atoms with E-state index in [2.05, 4.69) is 276 Å². The Kier molecular flexibility index (Phi) is 9.45. The van der Waals surface area contributed by atoms with Crippen LogP contribution in [0.3, 0.4) is 0 Å². The second-order valence-corrected chi connectivity index (χ2v) is 19.7. The summed E-state index contributed by atoms with van der Waals surface area (Å²) in [6, 6.07) is 99.1. The lowest BCUT2D eigenvalue weighted by Crippen LogP contribution is -2.75. The second-order valence-electron chi connectivity index (χ2n) is 16.0. The molecule has 1 aliphatic heterocycles. The number of anilines is 3. The molecule has 0 radical (unpaired) electrons. The number of rotatable bonds is 9. The van der Waals surface area contributed by atoms with Gasteiger partial charge in [0.25, 0.3) is 0 Å². The van der Waals surface area contributed by atoms with Crippen molar-refractivity contribution in [3.05, 3.63) is 289 Å². The first-order chi connectivity index (χ1) is 30.8. The zero-order valence-electron chi connectivity index (χ0n) is 34.3. The molecule has 0 saturated carbocycles. The maximum atomic E-state index is 2.66. The van der Waals surface area contributed by atoms with Gasteiger partial charge in [0.2, 0.25) is 0 Å². The first kappa shape index (κ1) is 37.3. The third kappa shape index (κ3) is 5.70. The highest BCUT2D eigenvalue weighted by atomic mass is 28.3. The third-order valence-corrected chi connectivity index (χ3v) is 17.6. The number of hydrogen-bond donors (Lipinski definition) is 0. The SMILES string of the molecule is c1ccc(-c2c([Si](c3ccccc3)(c3ccccc3)c3ccccc3)c3c(n2-c2ccccc2)C(c2ccccc2)(c2ccccc2)c2ccccc2N3c2ccccc2)cc1. The normalized spacial score (nSPS) is 12.9. The van der Waals surface area contributed by atoms with Crippen molar-refractivity contribution in [2.75, 3.05) is 4.90 Å². The Hall–Kier alpha value is -7.72. The lowest BCUT2D eigenvalue weighted by Gasteiger charge is -2.47. The van der Waals surface area contributed by atoms with Gasteiger partial charge in [-0.15, -0.1) is 0 Å². The van der Waals surface area contributed by atoms with Crippen LogP contribution in [-0.4, -0.2) is 12.6 Å². The van der Waals surface area contributed by atoms with Crippen molar-refractivity contribution in [1.82, 2.24) is 4.57 Å². The molecular weight excluding hydrogens is 765 g/mol. The fraction of sp³-hybridized carbons (Fsp3) is 0.0169. The van der Waals surface area contributed by atoms with Gasteiger partial charge in [-0.05, 0) is 68.1 Å². The molecule has 10 aromatic rings. The topological polar surface area (TPSA) is 8.17 Å². The van der Waals surface area contributed by atoms with Gasteiger partial charge in [-0.2, -0.15) is 0 Å². The minimum Gasteiger partial charge on any atom is -0.310 e. The molecule has 9 aromatic carbocycles. The Morgan fingerprint density at radius 1 is 0.339 bits per heavy atom. The van der Waals surface area contributed by atoms with E-state index in [1.807, 2.05) is 0 Å². The number of fused-ring (bicyclic) bond motifs is 2. The fourth-order valence-corrected chi connectivity index (χ4v) is 15.5. The number of benzene rings is 9. The van der Waals surface area contributed by atoms with Crippen LogP contribution in [0, 0.1) is 0 Å². The summed E-state index contributed by atoms with van der Waals surface area (Å²) in [4.78, 5) is 2.60. The highest BCUT2D eigenvalue weighted by Crippen LogP contribution is 2.59. The molecule has 11 rings (SSSR count). The van der Waals surface area contributed by atoms with Crippen molar-refractivity contribution in [3.63, 3.8) is 0 Å². The van der Waals surface area contributed by atoms with E-state index in [4.69, 9.17) is 0 Å². The summed E-state index contributed by atoms with van der Waals surface area (Å²) in [6.45, 7) is 0. The molecule has 2 nitrogen and oxygen atoms in total. The monoisotopic (exact) mass is 808 g/mol. The Balaban J connectivity index is 1.50. The van der Waals surface area contributed by atoms with Gasteiger partial charge in [-0.25, -0.2) is 0 Å². The van der Waals surface area contributed by atoms with Gasteiger partial charge in [0.1, 0.15) is 0 Å². The van der Waals surface area contributed by atoms with E-state index in [0.29, 0.717) is 0 Å². The van der Waals surface area contributed by atoms with Crippen LogP contribution >= 0.6 is 0 Å². The Morgan fingerprint density at radius 3 is 1.18 bits per heavy atom. The zero-order chi connectivity index (χ0) is 41.4. The van der Waals surface area contributed by atoms with Crippen molar-refractivity contribution >= 4 is 45.9 Å². The minimum absolute atomic E-state index is 0.776. The molecule has 1 aliphatic rings. The standard InChI is InChI=1S/C59H44N2Si/c1-9-27-45(28-10-1)55-57(62(50-37-19-6-20-38-50,51-39-21-7-22-40-51)52-41-23-8-24-42-52)56-58(61(55)49-35-17-5-18-36-49)59(46-29-11-2-12-30-46,47-31-13-3-14-32-47)53-43-25-26-44-54(53)60(56)48-33-15-4-16-34-48/h1-44H. The van der Waals surface area contributed by atoms with Crippen LogP contribution in [0.4, 0.5) is 17.1 Å². The Bertz CT molecular complexity index is 2950. The summed E-state index contributed by atoms with van der Waals surface area (Å²) in [7, 11) is -3.34. The minimum atomic E-state index is -3.34. The molecule has 0 atom stereocenters. The van der Waals surface area contributed by atoms with Gasteiger partial charge in [0.15, 0.2) is 8.07 Å². The lowest BCUT2D eigenvalue weighted by atomic mass is 9.64. The van der Waals surface area contributed by atoms with E-state index < -0.39 is 13.5 Å². The number of aromatic nitrogens is 1. The van der Waals surface area contributed by atoms with Crippen molar-refractivity contribution in [1.29, 1.82) is 0 Å². The van der Waals surface area contributed by atoms with Gasteiger partial charge < -0.3 is 9.47 Å². The molecule has 0 unspecified atom stereocenters. The van der Waals surface area contributed by atoms with Crippen LogP contribution < -0.4 is 25.6 Å². The van der Waals surface area contributed by atoms with E-state index in [1.165, 1.54) is 54.5 Å². The Morgan fingerprint density at radius 2 is 0.710 bits per heavy atom. The van der Waals surface area contributed by atoms with E-state index in [-0.39, 0.29) is 0 Å². The maximum Gasteiger partial charge on any atom is 0.184 e. The van der Waals surface area contributed by atoms with Gasteiger partial charge in [-0.1, -0.05) is 237 Å². The quantitative estimate of drug-likeness (QED) is 0.104. The van der Waals surface area contributed by atoms with Gasteiger partial charge in [0, 0.05) is 16.6 Å². The zero-order valence-corrected chi connectivity index (χ0v) is 35.3. The van der Waals surface area contributed by atoms with Gasteiger partial charge >= 0.3 is 0 Å². The molecule has 2 heterocycles. The number of nitrogens with zero attached hydrogens (tertiary/aromatic N) is 2. The molecule has 3 heteroatoms. The number of para-hydroxylation sites is 3. The van der Waals surface area contributed by atoms with Crippen molar-refractivity contribution < 1.29 is 0 Å². The van der Waals surface area contributed by atoms with Crippen molar-refractivity contribution in [3.8, 4) is 16.9 Å². The predicted molar refractivity (Wildman–Crippen MR) is 261 cm³/mol. The summed E-state index contributed by atoms with van der Waals surface area (Å²) in [5, 5.41) is 5.29. The van der Waals surface area contributed by atoms with E-state index in [0.717, 1.165) is 22.6 Å². The highest BCUT2D eigenvalue weighted by molar-refractivity contribution is 7.21. The molecule has 0 amide bonds. The third-order valence-electron chi connectivity index (χ3n) is 12.8. The van der Waals surface area contributed by atoms with Crippen molar-refractivity contribution in [2.45, 2.75) is 5.41 Å². The largest absolute Gasteiger partial charge is 0.310 e. The fourth-order valence-electron chi connectivity index (χ4n) is 10.4. The highest BCUT2D eigenvalue weighted by Gasteiger charge is 2.56. The maximum absolute atomic E-state index is 3.34. The summed E-state index contributed by atoms with van der Waals surface area (Å²) >= 11 is 0. The first-order valence-electron chi connectivity index (χ1n) is 21.5. The molecule has 294 valence electrons. The molecule has 0 fully saturated rings. The molecule has 0 aliphatic carbocycles. The average Bonchev–Trinajstić information content (AvgIpc) is 3.72. The van der Waals surface area contributed by atoms with E-state index in [9.17, 15) is 0 Å². The molecule has 0 N–H and O–H groups in total. The molecule has 1 aromatic heterocycles. The summed E-state index contributed by atoms with van der Waals surface area (Å²) < 4.78 is 2.66. The van der Waals surface area contributed by atoms with E-state index >= 15 is 0 Å². The summed E-state index contributed by atoms with van der Waals surface area (Å²) in [5.74, 6) is 0. The molecule has 0 bridgehead atoms. The van der Waals surface area contributed by atoms with Crippen LogP contribution in [0.15, 0.2) is 267 Å². The summed E-state index contributed by atoms with van der Waals surface area (Å²) in [6.07, 6.45) is 0. The predicted octanol–water partition coefficient (Wildman–Crippen LogP) is 11.7. The summed E-state index contributed by atoms with van der Waals surface area (Å²) in [5.41, 5.74) is 11.0. The van der Waals surface area contributed by atoms with Crippen LogP contribution in [-0.2, 0) is 5.41 Å². The smallest absolute Gasteiger partial charge is 0.184 e. The van der Waals surface area contributed by atoms with Gasteiger partial charge in [-0.3, -0.25) is 0 Å².